The highest BCUT2D eigenvalue weighted by molar-refractivity contribution is 5.30. The van der Waals surface area contributed by atoms with Crippen molar-refractivity contribution in [3.63, 3.8) is 0 Å². The average Bonchev–Trinajstić information content (AvgIpc) is 2.35. The minimum atomic E-state index is -0.378. The van der Waals surface area contributed by atoms with E-state index in [0.29, 0.717) is 0 Å². The lowest BCUT2D eigenvalue weighted by atomic mass is 9.85. The number of piperidine rings is 1. The average molecular weight is 232 g/mol. The van der Waals surface area contributed by atoms with Crippen molar-refractivity contribution in [3.05, 3.63) is 45.5 Å². The molecule has 0 N–H and O–H groups in total. The Kier molecular flexibility index (Phi) is 2.59. The molecule has 17 heavy (non-hydrogen) atoms. The van der Waals surface area contributed by atoms with Crippen molar-refractivity contribution in [2.45, 2.75) is 37.9 Å². The third-order valence-electron chi connectivity index (χ3n) is 4.05. The van der Waals surface area contributed by atoms with Gasteiger partial charge in [-0.2, -0.15) is 0 Å². The van der Waals surface area contributed by atoms with Crippen LogP contribution in [-0.4, -0.2) is 28.5 Å². The molecule has 3 rings (SSSR count). The molecule has 0 spiro atoms. The molecule has 0 saturated carbocycles. The molecular formula is C13H16N2O2. The lowest BCUT2D eigenvalue weighted by Gasteiger charge is -2.41. The maximum absolute atomic E-state index is 11.1. The molecule has 4 heteroatoms. The molecule has 1 saturated heterocycles. The minimum absolute atomic E-state index is 0.0786. The molecule has 0 aromatic heterocycles. The lowest BCUT2D eigenvalue weighted by molar-refractivity contribution is -0.534. The van der Waals surface area contributed by atoms with Crippen LogP contribution in [0.25, 0.3) is 0 Å². The Morgan fingerprint density at radius 3 is 2.82 bits per heavy atom. The van der Waals surface area contributed by atoms with E-state index in [4.69, 9.17) is 0 Å². The molecule has 90 valence electrons. The first-order chi connectivity index (χ1) is 8.25. The number of rotatable bonds is 1. The molecule has 2 aliphatic rings. The molecule has 0 amide bonds. The maximum atomic E-state index is 11.1. The predicted octanol–water partition coefficient (Wildman–Crippen LogP) is 1.85. The molecule has 0 unspecified atom stereocenters. The molecule has 0 radical (unpaired) electrons. The van der Waals surface area contributed by atoms with Gasteiger partial charge < -0.3 is 0 Å². The molecule has 1 fully saturated rings. The van der Waals surface area contributed by atoms with Crippen LogP contribution in [0.15, 0.2) is 24.3 Å². The standard InChI is InChI=1S/C13H16N2O2/c16-15(17)12-6-3-7-14-9-11-5-2-1-4-10(11)8-13(12)14/h1-2,4-5,12-13H,3,6-9H2/t12-,13+/m0/s1. The Hall–Kier alpha value is -1.42. The number of nitro groups is 1. The largest absolute Gasteiger partial charge is 0.289 e. The van der Waals surface area contributed by atoms with Gasteiger partial charge >= 0.3 is 0 Å². The fraction of sp³-hybridized carbons (Fsp3) is 0.538. The molecule has 2 atom stereocenters. The fourth-order valence-corrected chi connectivity index (χ4v) is 3.17. The van der Waals surface area contributed by atoms with Crippen molar-refractivity contribution in [2.75, 3.05) is 6.54 Å². The van der Waals surface area contributed by atoms with E-state index in [0.717, 1.165) is 32.4 Å². The predicted molar refractivity (Wildman–Crippen MR) is 64.4 cm³/mol. The van der Waals surface area contributed by atoms with Gasteiger partial charge in [0, 0.05) is 17.9 Å². The number of hydrogen-bond donors (Lipinski definition) is 0. The zero-order valence-corrected chi connectivity index (χ0v) is 9.71. The first kappa shape index (κ1) is 10.7. The van der Waals surface area contributed by atoms with Gasteiger partial charge in [-0.25, -0.2) is 0 Å². The Labute approximate surface area is 100 Å². The number of fused-ring (bicyclic) bond motifs is 2. The van der Waals surface area contributed by atoms with Crippen molar-refractivity contribution in [3.8, 4) is 0 Å². The van der Waals surface area contributed by atoms with Crippen LogP contribution in [0.4, 0.5) is 0 Å². The normalized spacial score (nSPS) is 28.2. The lowest BCUT2D eigenvalue weighted by Crippen LogP contribution is -2.53. The van der Waals surface area contributed by atoms with Gasteiger partial charge in [-0.3, -0.25) is 15.0 Å². The van der Waals surface area contributed by atoms with Gasteiger partial charge in [0.05, 0.1) is 6.04 Å². The van der Waals surface area contributed by atoms with E-state index < -0.39 is 0 Å². The van der Waals surface area contributed by atoms with Crippen molar-refractivity contribution < 1.29 is 4.92 Å². The van der Waals surface area contributed by atoms with Crippen LogP contribution >= 0.6 is 0 Å². The third kappa shape index (κ3) is 1.82. The summed E-state index contributed by atoms with van der Waals surface area (Å²) in [5, 5.41) is 11.1. The van der Waals surface area contributed by atoms with Crippen molar-refractivity contribution in [1.29, 1.82) is 0 Å². The van der Waals surface area contributed by atoms with Gasteiger partial charge in [0.15, 0.2) is 0 Å². The van der Waals surface area contributed by atoms with E-state index in [2.05, 4.69) is 17.0 Å². The summed E-state index contributed by atoms with van der Waals surface area (Å²) >= 11 is 0. The highest BCUT2D eigenvalue weighted by Crippen LogP contribution is 2.30. The molecule has 1 aromatic carbocycles. The zero-order chi connectivity index (χ0) is 11.8. The Morgan fingerprint density at radius 1 is 1.29 bits per heavy atom. The summed E-state index contributed by atoms with van der Waals surface area (Å²) in [4.78, 5) is 13.3. The van der Waals surface area contributed by atoms with Crippen LogP contribution in [-0.2, 0) is 13.0 Å². The maximum Gasteiger partial charge on any atom is 0.228 e. The second-order valence-electron chi connectivity index (χ2n) is 5.01. The smallest absolute Gasteiger partial charge is 0.228 e. The van der Waals surface area contributed by atoms with Crippen LogP contribution < -0.4 is 0 Å². The molecular weight excluding hydrogens is 216 g/mol. The van der Waals surface area contributed by atoms with Crippen molar-refractivity contribution in [1.82, 2.24) is 4.90 Å². The highest BCUT2D eigenvalue weighted by Gasteiger charge is 2.41. The van der Waals surface area contributed by atoms with E-state index in [1.807, 2.05) is 12.1 Å². The Balaban J connectivity index is 1.91. The molecule has 2 aliphatic heterocycles. The van der Waals surface area contributed by atoms with Crippen LogP contribution in [0.1, 0.15) is 24.0 Å². The number of hydrogen-bond acceptors (Lipinski definition) is 3. The fourth-order valence-electron chi connectivity index (χ4n) is 3.17. The molecule has 1 aromatic rings. The summed E-state index contributed by atoms with van der Waals surface area (Å²) < 4.78 is 0. The van der Waals surface area contributed by atoms with E-state index >= 15 is 0 Å². The molecule has 0 bridgehead atoms. The quantitative estimate of drug-likeness (QED) is 0.548. The third-order valence-corrected chi connectivity index (χ3v) is 4.05. The second-order valence-corrected chi connectivity index (χ2v) is 5.01. The van der Waals surface area contributed by atoms with Crippen LogP contribution in [0.2, 0.25) is 0 Å². The van der Waals surface area contributed by atoms with Crippen molar-refractivity contribution >= 4 is 0 Å². The Bertz CT molecular complexity index is 447. The summed E-state index contributed by atoms with van der Waals surface area (Å²) in [5.74, 6) is 0. The number of nitrogens with zero attached hydrogens (tertiary/aromatic N) is 2. The van der Waals surface area contributed by atoms with Gasteiger partial charge in [-0.1, -0.05) is 24.3 Å². The first-order valence-corrected chi connectivity index (χ1v) is 6.20. The molecule has 2 heterocycles. The van der Waals surface area contributed by atoms with Gasteiger partial charge in [-0.15, -0.1) is 0 Å². The topological polar surface area (TPSA) is 46.4 Å². The summed E-state index contributed by atoms with van der Waals surface area (Å²) in [6, 6.07) is 8.05. The van der Waals surface area contributed by atoms with E-state index in [-0.39, 0.29) is 17.0 Å². The summed E-state index contributed by atoms with van der Waals surface area (Å²) in [6.45, 7) is 1.88. The highest BCUT2D eigenvalue weighted by atomic mass is 16.6. The Morgan fingerprint density at radius 2 is 2.06 bits per heavy atom. The van der Waals surface area contributed by atoms with Gasteiger partial charge in [0.1, 0.15) is 0 Å². The summed E-state index contributed by atoms with van der Waals surface area (Å²) in [7, 11) is 0. The van der Waals surface area contributed by atoms with E-state index in [9.17, 15) is 10.1 Å². The van der Waals surface area contributed by atoms with Crippen LogP contribution in [0, 0.1) is 10.1 Å². The van der Waals surface area contributed by atoms with E-state index in [1.54, 1.807) is 0 Å². The number of benzene rings is 1. The zero-order valence-electron chi connectivity index (χ0n) is 9.71. The first-order valence-electron chi connectivity index (χ1n) is 6.20. The van der Waals surface area contributed by atoms with Crippen LogP contribution in [0.5, 0.6) is 0 Å². The molecule has 4 nitrogen and oxygen atoms in total. The monoisotopic (exact) mass is 232 g/mol. The minimum Gasteiger partial charge on any atom is -0.289 e. The summed E-state index contributed by atoms with van der Waals surface area (Å²) in [6.07, 6.45) is 2.52. The second kappa shape index (κ2) is 4.11. The SMILES string of the molecule is O=[N+]([O-])[C@H]1CCCN2Cc3ccccc3C[C@H]12. The van der Waals surface area contributed by atoms with Gasteiger partial charge in [-0.05, 0) is 30.5 Å². The molecule has 0 aliphatic carbocycles. The van der Waals surface area contributed by atoms with Crippen LogP contribution in [0.3, 0.4) is 0 Å². The van der Waals surface area contributed by atoms with Crippen molar-refractivity contribution in [2.24, 2.45) is 0 Å². The van der Waals surface area contributed by atoms with Gasteiger partial charge in [0.25, 0.3) is 0 Å². The van der Waals surface area contributed by atoms with Gasteiger partial charge in [0.2, 0.25) is 6.04 Å². The summed E-state index contributed by atoms with van der Waals surface area (Å²) in [5.41, 5.74) is 2.63. The van der Waals surface area contributed by atoms with E-state index in [1.165, 1.54) is 11.1 Å².